The summed E-state index contributed by atoms with van der Waals surface area (Å²) in [5.41, 5.74) is 1.08. The molecule has 3 aromatic carbocycles. The van der Waals surface area contributed by atoms with Crippen molar-refractivity contribution in [3.05, 3.63) is 95.5 Å². The van der Waals surface area contributed by atoms with E-state index in [0.717, 1.165) is 9.87 Å². The average molecular weight is 542 g/mol. The van der Waals surface area contributed by atoms with Gasteiger partial charge in [0.15, 0.2) is 0 Å². The predicted octanol–water partition coefficient (Wildman–Crippen LogP) is 4.87. The number of anilines is 1. The Bertz CT molecular complexity index is 1300. The van der Waals surface area contributed by atoms with E-state index in [9.17, 15) is 18.0 Å². The molecule has 0 radical (unpaired) electrons. The highest BCUT2D eigenvalue weighted by atomic mass is 35.5. The van der Waals surface area contributed by atoms with Crippen LogP contribution < -0.4 is 9.62 Å². The Morgan fingerprint density at radius 3 is 2.11 bits per heavy atom. The summed E-state index contributed by atoms with van der Waals surface area (Å²) in [7, 11) is -4.12. The number of hydrogen-bond donors (Lipinski definition) is 1. The van der Waals surface area contributed by atoms with E-state index in [2.05, 4.69) is 5.32 Å². The van der Waals surface area contributed by atoms with Gasteiger partial charge in [0.1, 0.15) is 12.6 Å². The van der Waals surface area contributed by atoms with Crippen LogP contribution in [0.15, 0.2) is 89.8 Å². The Kier molecular flexibility index (Phi) is 9.72. The second-order valence-corrected chi connectivity index (χ2v) is 11.2. The molecule has 0 aliphatic carbocycles. The van der Waals surface area contributed by atoms with E-state index in [0.29, 0.717) is 11.4 Å². The fourth-order valence-electron chi connectivity index (χ4n) is 3.96. The minimum Gasteiger partial charge on any atom is -0.352 e. The number of sulfonamides is 1. The van der Waals surface area contributed by atoms with Crippen LogP contribution in [0, 0.1) is 0 Å². The van der Waals surface area contributed by atoms with Crippen LogP contribution in [0.4, 0.5) is 5.69 Å². The zero-order chi connectivity index (χ0) is 27.0. The fourth-order valence-corrected chi connectivity index (χ4v) is 5.57. The Labute approximate surface area is 224 Å². The fraction of sp³-hybridized carbons (Fsp3) is 0.286. The SMILES string of the molecule is CC[C@H](C(=O)NC(C)C)N(Cc1ccccc1)C(=O)CN(c1cccc(Cl)c1)S(=O)(=O)c1ccccc1. The molecule has 0 heterocycles. The first-order chi connectivity index (χ1) is 17.6. The molecule has 0 unspecified atom stereocenters. The van der Waals surface area contributed by atoms with Crippen LogP contribution in [0.5, 0.6) is 0 Å². The van der Waals surface area contributed by atoms with Crippen LogP contribution in [0.2, 0.25) is 5.02 Å². The lowest BCUT2D eigenvalue weighted by Gasteiger charge is -2.33. The molecule has 0 fully saturated rings. The van der Waals surface area contributed by atoms with Gasteiger partial charge in [-0.1, -0.05) is 73.1 Å². The summed E-state index contributed by atoms with van der Waals surface area (Å²) in [6.45, 7) is 5.17. The topological polar surface area (TPSA) is 86.8 Å². The molecule has 0 aliphatic rings. The van der Waals surface area contributed by atoms with E-state index in [1.807, 2.05) is 51.1 Å². The normalized spacial score (nSPS) is 12.1. The smallest absolute Gasteiger partial charge is 0.264 e. The maximum atomic E-state index is 13.9. The molecule has 9 heteroatoms. The van der Waals surface area contributed by atoms with Gasteiger partial charge in [0.05, 0.1) is 10.6 Å². The lowest BCUT2D eigenvalue weighted by molar-refractivity contribution is -0.140. The first-order valence-electron chi connectivity index (χ1n) is 12.1. The van der Waals surface area contributed by atoms with E-state index in [4.69, 9.17) is 11.6 Å². The first kappa shape index (κ1) is 28.2. The minimum atomic E-state index is -4.12. The lowest BCUT2D eigenvalue weighted by Crippen LogP contribution is -2.53. The number of carbonyl (C=O) groups excluding carboxylic acids is 2. The number of carbonyl (C=O) groups is 2. The molecule has 0 aromatic heterocycles. The summed E-state index contributed by atoms with van der Waals surface area (Å²) in [5.74, 6) is -0.795. The standard InChI is InChI=1S/C28H32ClN3O4S/c1-4-26(28(34)30-21(2)3)31(19-22-12-7-5-8-13-22)27(33)20-32(24-15-11-14-23(29)18-24)37(35,36)25-16-9-6-10-17-25/h5-18,21,26H,4,19-20H2,1-3H3,(H,30,34)/t26-/m1/s1. The third-order valence-corrected chi connectivity index (χ3v) is 7.74. The Hall–Kier alpha value is -3.36. The number of amides is 2. The summed E-state index contributed by atoms with van der Waals surface area (Å²) < 4.78 is 28.5. The predicted molar refractivity (Wildman–Crippen MR) is 147 cm³/mol. The quantitative estimate of drug-likeness (QED) is 0.375. The van der Waals surface area contributed by atoms with Gasteiger partial charge >= 0.3 is 0 Å². The van der Waals surface area contributed by atoms with E-state index in [1.165, 1.54) is 23.1 Å². The second kappa shape index (κ2) is 12.7. The number of halogens is 1. The second-order valence-electron chi connectivity index (χ2n) is 8.90. The van der Waals surface area contributed by atoms with E-state index in [1.54, 1.807) is 36.4 Å². The molecule has 0 spiro atoms. The Balaban J connectivity index is 2.04. The van der Waals surface area contributed by atoms with Gasteiger partial charge in [-0.2, -0.15) is 0 Å². The van der Waals surface area contributed by atoms with Crippen LogP contribution >= 0.6 is 11.6 Å². The molecule has 0 saturated heterocycles. The summed E-state index contributed by atoms with van der Waals surface area (Å²) >= 11 is 6.18. The van der Waals surface area contributed by atoms with Crippen molar-refractivity contribution in [2.24, 2.45) is 0 Å². The summed E-state index contributed by atoms with van der Waals surface area (Å²) in [4.78, 5) is 28.5. The monoisotopic (exact) mass is 541 g/mol. The van der Waals surface area contributed by atoms with Crippen molar-refractivity contribution in [2.45, 2.75) is 50.7 Å². The largest absolute Gasteiger partial charge is 0.352 e. The van der Waals surface area contributed by atoms with Crippen molar-refractivity contribution < 1.29 is 18.0 Å². The van der Waals surface area contributed by atoms with Crippen molar-refractivity contribution >= 4 is 39.1 Å². The number of nitrogens with zero attached hydrogens (tertiary/aromatic N) is 2. The Morgan fingerprint density at radius 1 is 0.919 bits per heavy atom. The van der Waals surface area contributed by atoms with Gasteiger partial charge < -0.3 is 10.2 Å². The number of nitrogens with one attached hydrogen (secondary N) is 1. The van der Waals surface area contributed by atoms with Gasteiger partial charge in [-0.25, -0.2) is 8.42 Å². The van der Waals surface area contributed by atoms with Crippen molar-refractivity contribution in [3.63, 3.8) is 0 Å². The van der Waals surface area contributed by atoms with Crippen molar-refractivity contribution in [1.29, 1.82) is 0 Å². The first-order valence-corrected chi connectivity index (χ1v) is 13.9. The molecular formula is C28H32ClN3O4S. The van der Waals surface area contributed by atoms with E-state index in [-0.39, 0.29) is 29.1 Å². The average Bonchev–Trinajstić information content (AvgIpc) is 2.87. The number of hydrogen-bond acceptors (Lipinski definition) is 4. The molecule has 3 aromatic rings. The molecule has 7 nitrogen and oxygen atoms in total. The zero-order valence-corrected chi connectivity index (χ0v) is 22.7. The van der Waals surface area contributed by atoms with E-state index < -0.39 is 28.5 Å². The molecule has 1 N–H and O–H groups in total. The van der Waals surface area contributed by atoms with Gasteiger partial charge in [0.25, 0.3) is 10.0 Å². The van der Waals surface area contributed by atoms with Crippen LogP contribution in [0.1, 0.15) is 32.8 Å². The van der Waals surface area contributed by atoms with Gasteiger partial charge in [-0.3, -0.25) is 13.9 Å². The van der Waals surface area contributed by atoms with Crippen LogP contribution in [0.3, 0.4) is 0 Å². The molecular weight excluding hydrogens is 510 g/mol. The summed E-state index contributed by atoms with van der Waals surface area (Å²) in [6, 6.07) is 22.7. The van der Waals surface area contributed by atoms with Gasteiger partial charge in [-0.05, 0) is 56.2 Å². The maximum Gasteiger partial charge on any atom is 0.264 e. The van der Waals surface area contributed by atoms with Crippen molar-refractivity contribution in [2.75, 3.05) is 10.8 Å². The van der Waals surface area contributed by atoms with Gasteiger partial charge in [0, 0.05) is 17.6 Å². The Morgan fingerprint density at radius 2 is 1.54 bits per heavy atom. The highest BCUT2D eigenvalue weighted by Crippen LogP contribution is 2.27. The van der Waals surface area contributed by atoms with Gasteiger partial charge in [-0.15, -0.1) is 0 Å². The molecule has 3 rings (SSSR count). The van der Waals surface area contributed by atoms with Gasteiger partial charge in [0.2, 0.25) is 11.8 Å². The molecule has 0 saturated carbocycles. The molecule has 0 bridgehead atoms. The maximum absolute atomic E-state index is 13.9. The van der Waals surface area contributed by atoms with Crippen LogP contribution in [-0.2, 0) is 26.2 Å². The molecule has 196 valence electrons. The number of benzene rings is 3. The van der Waals surface area contributed by atoms with Crippen LogP contribution in [-0.4, -0.2) is 43.8 Å². The summed E-state index contributed by atoms with van der Waals surface area (Å²) in [6.07, 6.45) is 0.361. The highest BCUT2D eigenvalue weighted by Gasteiger charge is 2.33. The minimum absolute atomic E-state index is 0.0435. The molecule has 0 aliphatic heterocycles. The molecule has 37 heavy (non-hydrogen) atoms. The zero-order valence-electron chi connectivity index (χ0n) is 21.2. The van der Waals surface area contributed by atoms with Crippen molar-refractivity contribution in [1.82, 2.24) is 10.2 Å². The lowest BCUT2D eigenvalue weighted by atomic mass is 10.1. The third kappa shape index (κ3) is 7.33. The van der Waals surface area contributed by atoms with E-state index >= 15 is 0 Å². The molecule has 2 amide bonds. The summed E-state index contributed by atoms with van der Waals surface area (Å²) in [5, 5.41) is 3.22. The highest BCUT2D eigenvalue weighted by molar-refractivity contribution is 7.92. The number of rotatable bonds is 11. The third-order valence-electron chi connectivity index (χ3n) is 5.72. The van der Waals surface area contributed by atoms with Crippen LogP contribution in [0.25, 0.3) is 0 Å². The molecule has 1 atom stereocenters. The van der Waals surface area contributed by atoms with Crippen molar-refractivity contribution in [3.8, 4) is 0 Å².